The molecule has 0 atom stereocenters. The van der Waals surface area contributed by atoms with Crippen LogP contribution in [0.2, 0.25) is 5.28 Å². The van der Waals surface area contributed by atoms with Crippen LogP contribution in [0.3, 0.4) is 0 Å². The van der Waals surface area contributed by atoms with Crippen molar-refractivity contribution < 1.29 is 5.11 Å². The molecule has 0 aliphatic heterocycles. The Hall–Kier alpha value is -1.22. The zero-order valence-corrected chi connectivity index (χ0v) is 8.78. The molecular weight excluding hydrogens is 200 g/mol. The van der Waals surface area contributed by atoms with Crippen LogP contribution in [0.1, 0.15) is 19.9 Å². The highest BCUT2D eigenvalue weighted by molar-refractivity contribution is 6.29. The van der Waals surface area contributed by atoms with Gasteiger partial charge in [-0.2, -0.15) is 0 Å². The first-order valence-electron chi connectivity index (χ1n) is 4.46. The van der Waals surface area contributed by atoms with Gasteiger partial charge in [0, 0.05) is 6.04 Å². The molecule has 0 unspecified atom stereocenters. The molecule has 0 saturated carbocycles. The number of fused-ring (bicyclic) bond motifs is 1. The molecule has 1 N–H and O–H groups in total. The minimum atomic E-state index is 0.170. The molecule has 0 amide bonds. The molecule has 4 heteroatoms. The summed E-state index contributed by atoms with van der Waals surface area (Å²) in [5, 5.41) is 9.97. The SMILES string of the molecule is CC(C)n1c(Cl)nc2c(O)cccc21. The standard InChI is InChI=1S/C10H11ClN2O/c1-6(2)13-7-4-3-5-8(14)9(7)12-10(13)11/h3-6,14H,1-2H3. The van der Waals surface area contributed by atoms with Crippen LogP contribution in [-0.2, 0) is 0 Å². The van der Waals surface area contributed by atoms with Crippen LogP contribution in [-0.4, -0.2) is 14.7 Å². The predicted molar refractivity (Wildman–Crippen MR) is 56.8 cm³/mol. The Morgan fingerprint density at radius 2 is 2.14 bits per heavy atom. The second-order valence-electron chi connectivity index (χ2n) is 3.49. The van der Waals surface area contributed by atoms with Crippen molar-refractivity contribution in [3.8, 4) is 5.75 Å². The number of aromatic nitrogens is 2. The third-order valence-electron chi connectivity index (χ3n) is 2.17. The van der Waals surface area contributed by atoms with Crippen molar-refractivity contribution in [2.75, 3.05) is 0 Å². The zero-order valence-electron chi connectivity index (χ0n) is 8.03. The van der Waals surface area contributed by atoms with Crippen LogP contribution in [0.4, 0.5) is 0 Å². The fraction of sp³-hybridized carbons (Fsp3) is 0.300. The van der Waals surface area contributed by atoms with E-state index in [2.05, 4.69) is 4.98 Å². The molecule has 74 valence electrons. The van der Waals surface area contributed by atoms with E-state index in [-0.39, 0.29) is 11.8 Å². The van der Waals surface area contributed by atoms with Gasteiger partial charge in [0.2, 0.25) is 5.28 Å². The maximum Gasteiger partial charge on any atom is 0.204 e. The molecule has 1 aromatic carbocycles. The van der Waals surface area contributed by atoms with Crippen molar-refractivity contribution in [3.63, 3.8) is 0 Å². The first-order valence-corrected chi connectivity index (χ1v) is 4.84. The lowest BCUT2D eigenvalue weighted by atomic mass is 10.3. The van der Waals surface area contributed by atoms with Gasteiger partial charge in [-0.15, -0.1) is 0 Å². The maximum atomic E-state index is 9.56. The Labute approximate surface area is 86.9 Å². The average Bonchev–Trinajstić information content (AvgIpc) is 2.42. The second-order valence-corrected chi connectivity index (χ2v) is 3.83. The number of halogens is 1. The molecule has 0 aliphatic rings. The van der Waals surface area contributed by atoms with Gasteiger partial charge in [-0.3, -0.25) is 0 Å². The smallest absolute Gasteiger partial charge is 0.204 e. The van der Waals surface area contributed by atoms with Gasteiger partial charge in [0.05, 0.1) is 5.52 Å². The lowest BCUT2D eigenvalue weighted by molar-refractivity contribution is 0.480. The Morgan fingerprint density at radius 1 is 1.43 bits per heavy atom. The van der Waals surface area contributed by atoms with E-state index in [0.717, 1.165) is 5.52 Å². The van der Waals surface area contributed by atoms with Crippen LogP contribution in [0.25, 0.3) is 11.0 Å². The lowest BCUT2D eigenvalue weighted by Gasteiger charge is -2.08. The van der Waals surface area contributed by atoms with E-state index in [1.807, 2.05) is 24.5 Å². The van der Waals surface area contributed by atoms with Crippen LogP contribution >= 0.6 is 11.6 Å². The highest BCUT2D eigenvalue weighted by atomic mass is 35.5. The Kier molecular flexibility index (Phi) is 2.11. The van der Waals surface area contributed by atoms with E-state index in [1.165, 1.54) is 0 Å². The van der Waals surface area contributed by atoms with Gasteiger partial charge in [-0.25, -0.2) is 4.98 Å². The number of phenols is 1. The number of nitrogens with zero attached hydrogens (tertiary/aromatic N) is 2. The number of rotatable bonds is 1. The summed E-state index contributed by atoms with van der Waals surface area (Å²) in [6.45, 7) is 4.05. The lowest BCUT2D eigenvalue weighted by Crippen LogP contribution is -1.99. The number of phenolic OH excluding ortho intramolecular Hbond substituents is 1. The maximum absolute atomic E-state index is 9.56. The van der Waals surface area contributed by atoms with Crippen molar-refractivity contribution in [1.82, 2.24) is 9.55 Å². The van der Waals surface area contributed by atoms with Gasteiger partial charge in [0.1, 0.15) is 11.3 Å². The van der Waals surface area contributed by atoms with Crippen molar-refractivity contribution >= 4 is 22.6 Å². The van der Waals surface area contributed by atoms with Gasteiger partial charge < -0.3 is 9.67 Å². The summed E-state index contributed by atoms with van der Waals surface area (Å²) in [7, 11) is 0. The predicted octanol–water partition coefficient (Wildman–Crippen LogP) is 2.98. The molecule has 0 fully saturated rings. The Balaban J connectivity index is 2.83. The van der Waals surface area contributed by atoms with E-state index in [1.54, 1.807) is 12.1 Å². The van der Waals surface area contributed by atoms with Crippen LogP contribution in [0, 0.1) is 0 Å². The van der Waals surface area contributed by atoms with E-state index in [0.29, 0.717) is 10.8 Å². The average molecular weight is 211 g/mol. The summed E-state index contributed by atoms with van der Waals surface area (Å²) >= 11 is 5.98. The van der Waals surface area contributed by atoms with Crippen molar-refractivity contribution in [1.29, 1.82) is 0 Å². The van der Waals surface area contributed by atoms with Gasteiger partial charge in [-0.05, 0) is 37.6 Å². The third kappa shape index (κ3) is 1.24. The van der Waals surface area contributed by atoms with E-state index in [9.17, 15) is 5.11 Å². The third-order valence-corrected chi connectivity index (χ3v) is 2.44. The van der Waals surface area contributed by atoms with Crippen molar-refractivity contribution in [2.24, 2.45) is 0 Å². The van der Waals surface area contributed by atoms with Gasteiger partial charge >= 0.3 is 0 Å². The molecule has 1 aromatic heterocycles. The number of para-hydroxylation sites is 1. The van der Waals surface area contributed by atoms with Gasteiger partial charge in [0.25, 0.3) is 0 Å². The molecule has 0 spiro atoms. The fourth-order valence-electron chi connectivity index (χ4n) is 1.57. The molecule has 1 heterocycles. The Bertz CT molecular complexity index is 476. The first kappa shape index (κ1) is 9.34. The van der Waals surface area contributed by atoms with E-state index in [4.69, 9.17) is 11.6 Å². The minimum Gasteiger partial charge on any atom is -0.506 e. The van der Waals surface area contributed by atoms with E-state index < -0.39 is 0 Å². The summed E-state index contributed by atoms with van der Waals surface area (Å²) in [5.74, 6) is 0.170. The second kappa shape index (κ2) is 3.17. The molecule has 2 rings (SSSR count). The Morgan fingerprint density at radius 3 is 2.79 bits per heavy atom. The molecule has 0 bridgehead atoms. The van der Waals surface area contributed by atoms with Crippen LogP contribution < -0.4 is 0 Å². The minimum absolute atomic E-state index is 0.170. The molecule has 0 aliphatic carbocycles. The summed E-state index contributed by atoms with van der Waals surface area (Å²) in [4.78, 5) is 4.11. The van der Waals surface area contributed by atoms with Crippen LogP contribution in [0.15, 0.2) is 18.2 Å². The molecule has 0 radical (unpaired) electrons. The van der Waals surface area contributed by atoms with E-state index >= 15 is 0 Å². The number of hydrogen-bond donors (Lipinski definition) is 1. The quantitative estimate of drug-likeness (QED) is 0.786. The molecule has 14 heavy (non-hydrogen) atoms. The topological polar surface area (TPSA) is 38.0 Å². The molecule has 0 saturated heterocycles. The zero-order chi connectivity index (χ0) is 10.3. The highest BCUT2D eigenvalue weighted by Gasteiger charge is 2.13. The largest absolute Gasteiger partial charge is 0.506 e. The normalized spacial score (nSPS) is 11.4. The van der Waals surface area contributed by atoms with Crippen molar-refractivity contribution in [3.05, 3.63) is 23.5 Å². The van der Waals surface area contributed by atoms with Gasteiger partial charge in [0.15, 0.2) is 0 Å². The fourth-order valence-corrected chi connectivity index (χ4v) is 1.94. The number of benzene rings is 1. The molecular formula is C10H11ClN2O. The number of imidazole rings is 1. The summed E-state index contributed by atoms with van der Waals surface area (Å²) < 4.78 is 1.89. The van der Waals surface area contributed by atoms with Crippen LogP contribution in [0.5, 0.6) is 5.75 Å². The van der Waals surface area contributed by atoms with Crippen molar-refractivity contribution in [2.45, 2.75) is 19.9 Å². The molecule has 3 nitrogen and oxygen atoms in total. The summed E-state index contributed by atoms with van der Waals surface area (Å²) in [5.41, 5.74) is 1.43. The number of hydrogen-bond acceptors (Lipinski definition) is 2. The summed E-state index contributed by atoms with van der Waals surface area (Å²) in [6.07, 6.45) is 0. The monoisotopic (exact) mass is 210 g/mol. The summed E-state index contributed by atoms with van der Waals surface area (Å²) in [6, 6.07) is 5.52. The molecule has 2 aromatic rings. The highest BCUT2D eigenvalue weighted by Crippen LogP contribution is 2.29. The number of aromatic hydroxyl groups is 1. The van der Waals surface area contributed by atoms with Gasteiger partial charge in [-0.1, -0.05) is 6.07 Å². The first-order chi connectivity index (χ1) is 6.61.